The van der Waals surface area contributed by atoms with Crippen LogP contribution in [0.5, 0.6) is 0 Å². The quantitative estimate of drug-likeness (QED) is 0.432. The zero-order valence-corrected chi connectivity index (χ0v) is 18.8. The molecule has 0 saturated carbocycles. The Morgan fingerprint density at radius 2 is 0.818 bits per heavy atom. The van der Waals surface area contributed by atoms with E-state index in [-0.39, 0.29) is 0 Å². The predicted octanol–water partition coefficient (Wildman–Crippen LogP) is 4.49. The molecule has 0 saturated heterocycles. The Bertz CT molecular complexity index is 693. The summed E-state index contributed by atoms with van der Waals surface area (Å²) in [6.45, 7) is 0. The molecule has 0 radical (unpaired) electrons. The number of hydrogen-bond acceptors (Lipinski definition) is 0. The SMILES string of the molecule is Brc1ccc[c]([Ga]([c]2cccc(Br)c2)[c]2cccc(Br)c2)c1. The summed E-state index contributed by atoms with van der Waals surface area (Å²) in [6.07, 6.45) is 0. The molecule has 0 amide bonds. The average Bonchev–Trinajstić information content (AvgIpc) is 2.48. The average molecular weight is 538 g/mol. The molecule has 108 valence electrons. The van der Waals surface area contributed by atoms with E-state index in [0.717, 1.165) is 13.4 Å². The third-order valence-corrected chi connectivity index (χ3v) is 11.5. The number of rotatable bonds is 3. The molecule has 0 atom stereocenters. The van der Waals surface area contributed by atoms with Crippen molar-refractivity contribution >= 4 is 76.4 Å². The Morgan fingerprint density at radius 3 is 1.09 bits per heavy atom. The molecular weight excluding hydrogens is 526 g/mol. The van der Waals surface area contributed by atoms with Gasteiger partial charge in [0.15, 0.2) is 0 Å². The Labute approximate surface area is 161 Å². The molecule has 0 heterocycles. The third kappa shape index (κ3) is 3.98. The fraction of sp³-hybridized carbons (Fsp3) is 0. The van der Waals surface area contributed by atoms with Crippen LogP contribution < -0.4 is 12.4 Å². The van der Waals surface area contributed by atoms with Gasteiger partial charge in [-0.1, -0.05) is 0 Å². The van der Waals surface area contributed by atoms with Crippen LogP contribution in [-0.4, -0.2) is 16.2 Å². The number of halogens is 3. The molecule has 0 N–H and O–H groups in total. The van der Waals surface area contributed by atoms with Crippen LogP contribution in [0.4, 0.5) is 0 Å². The Kier molecular flexibility index (Phi) is 5.68. The van der Waals surface area contributed by atoms with Gasteiger partial charge in [-0.2, -0.15) is 0 Å². The standard InChI is InChI=1S/3C6H4Br.Ga/c3*7-6-4-2-1-3-5-6;/h3*1-2,4-5H;. The molecule has 3 aromatic carbocycles. The van der Waals surface area contributed by atoms with Gasteiger partial charge in [0.1, 0.15) is 0 Å². The fourth-order valence-electron chi connectivity index (χ4n) is 2.64. The van der Waals surface area contributed by atoms with Gasteiger partial charge in [-0.05, 0) is 0 Å². The van der Waals surface area contributed by atoms with Crippen LogP contribution in [0.2, 0.25) is 0 Å². The van der Waals surface area contributed by atoms with Gasteiger partial charge < -0.3 is 0 Å². The van der Waals surface area contributed by atoms with Crippen LogP contribution in [0.1, 0.15) is 0 Å². The molecule has 3 aromatic rings. The Hall–Kier alpha value is -0.264. The Morgan fingerprint density at radius 1 is 0.500 bits per heavy atom. The summed E-state index contributed by atoms with van der Waals surface area (Å²) in [4.78, 5) is 0. The van der Waals surface area contributed by atoms with Crippen LogP contribution in [0.25, 0.3) is 0 Å². The van der Waals surface area contributed by atoms with E-state index in [0.29, 0.717) is 0 Å². The van der Waals surface area contributed by atoms with E-state index in [1.807, 2.05) is 0 Å². The first kappa shape index (κ1) is 16.6. The van der Waals surface area contributed by atoms with Gasteiger partial charge in [0.2, 0.25) is 0 Å². The van der Waals surface area contributed by atoms with E-state index >= 15 is 0 Å². The zero-order chi connectivity index (χ0) is 15.5. The minimum atomic E-state index is -2.07. The molecule has 0 unspecified atom stereocenters. The van der Waals surface area contributed by atoms with E-state index in [2.05, 4.69) is 121 Å². The molecule has 0 bridgehead atoms. The van der Waals surface area contributed by atoms with Crippen LogP contribution >= 0.6 is 47.8 Å². The topological polar surface area (TPSA) is 0 Å². The maximum atomic E-state index is 3.62. The summed E-state index contributed by atoms with van der Waals surface area (Å²) < 4.78 is 7.80. The van der Waals surface area contributed by atoms with Crippen molar-refractivity contribution in [3.05, 3.63) is 86.2 Å². The van der Waals surface area contributed by atoms with E-state index in [1.165, 1.54) is 12.4 Å². The van der Waals surface area contributed by atoms with Gasteiger partial charge in [0, 0.05) is 0 Å². The molecule has 0 aromatic heterocycles. The second-order valence-electron chi connectivity index (χ2n) is 5.10. The summed E-state index contributed by atoms with van der Waals surface area (Å²) >= 11 is 8.78. The normalized spacial score (nSPS) is 10.5. The van der Waals surface area contributed by atoms with Crippen molar-refractivity contribution in [2.45, 2.75) is 0 Å². The minimum absolute atomic E-state index is 1.14. The van der Waals surface area contributed by atoms with E-state index < -0.39 is 16.2 Å². The fourth-order valence-corrected chi connectivity index (χ4v) is 11.9. The van der Waals surface area contributed by atoms with Crippen molar-refractivity contribution in [2.75, 3.05) is 0 Å². The molecule has 3 rings (SSSR count). The first-order chi connectivity index (χ1) is 10.6. The van der Waals surface area contributed by atoms with Gasteiger partial charge in [-0.25, -0.2) is 0 Å². The second-order valence-corrected chi connectivity index (χ2v) is 13.9. The summed E-state index contributed by atoms with van der Waals surface area (Å²) in [5, 5.41) is 0. The first-order valence-electron chi connectivity index (χ1n) is 6.90. The molecule has 0 aliphatic rings. The summed E-state index contributed by atoms with van der Waals surface area (Å²) in [5.74, 6) is 0. The number of hydrogen-bond donors (Lipinski definition) is 0. The van der Waals surface area contributed by atoms with Crippen molar-refractivity contribution in [3.63, 3.8) is 0 Å². The third-order valence-electron chi connectivity index (χ3n) is 3.55. The van der Waals surface area contributed by atoms with Gasteiger partial charge in [0.05, 0.1) is 0 Å². The van der Waals surface area contributed by atoms with Crippen molar-refractivity contribution in [2.24, 2.45) is 0 Å². The number of benzene rings is 3. The maximum absolute atomic E-state index is 3.62. The molecule has 0 aliphatic heterocycles. The van der Waals surface area contributed by atoms with E-state index in [9.17, 15) is 0 Å². The molecule has 0 nitrogen and oxygen atoms in total. The van der Waals surface area contributed by atoms with E-state index in [4.69, 9.17) is 0 Å². The van der Waals surface area contributed by atoms with Crippen molar-refractivity contribution in [3.8, 4) is 0 Å². The van der Waals surface area contributed by atoms with Gasteiger partial charge >= 0.3 is 163 Å². The molecule has 0 aliphatic carbocycles. The van der Waals surface area contributed by atoms with Crippen molar-refractivity contribution in [1.29, 1.82) is 0 Å². The summed E-state index contributed by atoms with van der Waals surface area (Å²) in [7, 11) is 0. The van der Waals surface area contributed by atoms with Crippen LogP contribution in [-0.2, 0) is 0 Å². The molecule has 22 heavy (non-hydrogen) atoms. The summed E-state index contributed by atoms with van der Waals surface area (Å²) in [5.41, 5.74) is 0. The van der Waals surface area contributed by atoms with Gasteiger partial charge in [-0.3, -0.25) is 0 Å². The predicted molar refractivity (Wildman–Crippen MR) is 107 cm³/mol. The van der Waals surface area contributed by atoms with Crippen molar-refractivity contribution < 1.29 is 0 Å². The zero-order valence-electron chi connectivity index (χ0n) is 11.6. The molecule has 4 heteroatoms. The molecule has 0 fully saturated rings. The van der Waals surface area contributed by atoms with Crippen LogP contribution in [0.3, 0.4) is 0 Å². The van der Waals surface area contributed by atoms with E-state index in [1.54, 1.807) is 0 Å². The van der Waals surface area contributed by atoms with Crippen LogP contribution in [0, 0.1) is 0 Å². The van der Waals surface area contributed by atoms with Crippen molar-refractivity contribution in [1.82, 2.24) is 0 Å². The Balaban J connectivity index is 2.18. The van der Waals surface area contributed by atoms with Gasteiger partial charge in [-0.15, -0.1) is 0 Å². The second kappa shape index (κ2) is 7.54. The monoisotopic (exact) mass is 534 g/mol. The van der Waals surface area contributed by atoms with Gasteiger partial charge in [0.25, 0.3) is 0 Å². The van der Waals surface area contributed by atoms with Crippen LogP contribution in [0.15, 0.2) is 86.2 Å². The summed E-state index contributed by atoms with van der Waals surface area (Å²) in [6, 6.07) is 26.3. The first-order valence-corrected chi connectivity index (χ1v) is 12.9. The molecule has 0 spiro atoms. The molecular formula is C18H12Br3Ga.